The summed E-state index contributed by atoms with van der Waals surface area (Å²) in [6, 6.07) is 0. The second-order valence-electron chi connectivity index (χ2n) is 3.43. The largest absolute Gasteiger partial charge is 0.468 e. The number of methoxy groups -OCH3 is 2. The van der Waals surface area contributed by atoms with E-state index in [4.69, 9.17) is 0 Å². The van der Waals surface area contributed by atoms with Crippen molar-refractivity contribution in [2.75, 3.05) is 14.2 Å². The Bertz CT molecular complexity index is 242. The summed E-state index contributed by atoms with van der Waals surface area (Å²) in [6.07, 6.45) is 5.36. The molecule has 0 unspecified atom stereocenters. The van der Waals surface area contributed by atoms with Crippen molar-refractivity contribution >= 4 is 11.9 Å². The first-order chi connectivity index (χ1) is 7.62. The van der Waals surface area contributed by atoms with Gasteiger partial charge in [-0.15, -0.1) is 0 Å². The highest BCUT2D eigenvalue weighted by Gasteiger charge is 2.34. The summed E-state index contributed by atoms with van der Waals surface area (Å²) in [4.78, 5) is 23.0. The van der Waals surface area contributed by atoms with Crippen LogP contribution in [0.2, 0.25) is 0 Å². The van der Waals surface area contributed by atoms with Crippen LogP contribution >= 0.6 is 0 Å². The maximum atomic E-state index is 11.5. The molecule has 16 heavy (non-hydrogen) atoms. The molecule has 0 aliphatic heterocycles. The minimum atomic E-state index is -0.859. The summed E-state index contributed by atoms with van der Waals surface area (Å²) < 4.78 is 9.25. The van der Waals surface area contributed by atoms with Crippen LogP contribution in [0.3, 0.4) is 0 Å². The summed E-state index contributed by atoms with van der Waals surface area (Å²) >= 11 is 0. The number of carbonyl (C=O) groups excluding carboxylic acids is 2. The van der Waals surface area contributed by atoms with E-state index in [2.05, 4.69) is 9.47 Å². The first kappa shape index (κ1) is 14.7. The Morgan fingerprint density at radius 3 is 1.94 bits per heavy atom. The van der Waals surface area contributed by atoms with Crippen LogP contribution in [0.1, 0.15) is 26.7 Å². The van der Waals surface area contributed by atoms with Crippen molar-refractivity contribution in [2.45, 2.75) is 26.7 Å². The average Bonchev–Trinajstić information content (AvgIpc) is 2.32. The molecule has 0 aromatic carbocycles. The summed E-state index contributed by atoms with van der Waals surface area (Å²) in [6.45, 7) is 3.91. The van der Waals surface area contributed by atoms with Gasteiger partial charge in [0.1, 0.15) is 0 Å². The quantitative estimate of drug-likeness (QED) is 0.396. The molecule has 4 nitrogen and oxygen atoms in total. The fourth-order valence-electron chi connectivity index (χ4n) is 1.49. The zero-order chi connectivity index (χ0) is 12.6. The number of hydrogen-bond acceptors (Lipinski definition) is 4. The predicted octanol–water partition coefficient (Wildman–Crippen LogP) is 1.94. The van der Waals surface area contributed by atoms with Gasteiger partial charge in [-0.3, -0.25) is 9.59 Å². The van der Waals surface area contributed by atoms with Crippen molar-refractivity contribution in [3.05, 3.63) is 12.2 Å². The van der Waals surface area contributed by atoms with E-state index in [9.17, 15) is 9.59 Å². The zero-order valence-electron chi connectivity index (χ0n) is 10.4. The Hall–Kier alpha value is -1.32. The van der Waals surface area contributed by atoms with Gasteiger partial charge in [-0.2, -0.15) is 0 Å². The Balaban J connectivity index is 4.90. The minimum absolute atomic E-state index is 0.167. The Morgan fingerprint density at radius 2 is 1.62 bits per heavy atom. The molecule has 0 bridgehead atoms. The van der Waals surface area contributed by atoms with E-state index in [0.29, 0.717) is 6.42 Å². The van der Waals surface area contributed by atoms with Gasteiger partial charge in [-0.25, -0.2) is 0 Å². The number of rotatable bonds is 6. The molecule has 0 heterocycles. The van der Waals surface area contributed by atoms with Gasteiger partial charge in [0.05, 0.1) is 14.2 Å². The topological polar surface area (TPSA) is 52.6 Å². The highest BCUT2D eigenvalue weighted by Crippen LogP contribution is 2.20. The van der Waals surface area contributed by atoms with Crippen LogP contribution in [-0.2, 0) is 19.1 Å². The lowest BCUT2D eigenvalue weighted by Crippen LogP contribution is -2.32. The molecule has 0 fully saturated rings. The molecule has 0 spiro atoms. The van der Waals surface area contributed by atoms with Crippen molar-refractivity contribution in [1.29, 1.82) is 0 Å². The molecule has 0 aromatic heterocycles. The smallest absolute Gasteiger partial charge is 0.320 e. The zero-order valence-corrected chi connectivity index (χ0v) is 10.4. The van der Waals surface area contributed by atoms with Gasteiger partial charge in [0.15, 0.2) is 5.92 Å². The van der Waals surface area contributed by atoms with Crippen LogP contribution in [0.15, 0.2) is 12.2 Å². The van der Waals surface area contributed by atoms with Gasteiger partial charge in [0.25, 0.3) is 0 Å². The van der Waals surface area contributed by atoms with Crippen LogP contribution in [0, 0.1) is 11.8 Å². The third-order valence-corrected chi connectivity index (χ3v) is 2.43. The second kappa shape index (κ2) is 7.91. The second-order valence-corrected chi connectivity index (χ2v) is 3.43. The lowest BCUT2D eigenvalue weighted by Gasteiger charge is -2.18. The molecular weight excluding hydrogens is 208 g/mol. The maximum Gasteiger partial charge on any atom is 0.320 e. The number of ether oxygens (including phenoxy) is 2. The number of allylic oxidation sites excluding steroid dienone is 2. The molecule has 0 rings (SSSR count). The van der Waals surface area contributed by atoms with Crippen LogP contribution < -0.4 is 0 Å². The molecule has 0 radical (unpaired) electrons. The molecule has 92 valence electrons. The van der Waals surface area contributed by atoms with Gasteiger partial charge in [0, 0.05) is 5.92 Å². The summed E-state index contributed by atoms with van der Waals surface area (Å²) in [5.41, 5.74) is 0. The van der Waals surface area contributed by atoms with E-state index in [1.807, 2.05) is 26.0 Å². The van der Waals surface area contributed by atoms with Crippen LogP contribution in [0.4, 0.5) is 0 Å². The fraction of sp³-hybridized carbons (Fsp3) is 0.667. The van der Waals surface area contributed by atoms with Gasteiger partial charge in [-0.1, -0.05) is 26.0 Å². The van der Waals surface area contributed by atoms with E-state index in [-0.39, 0.29) is 5.92 Å². The van der Waals surface area contributed by atoms with Crippen LogP contribution in [-0.4, -0.2) is 26.2 Å². The molecule has 0 aromatic rings. The molecule has 0 N–H and O–H groups in total. The average molecular weight is 228 g/mol. The molecular formula is C12H20O4. The molecule has 0 saturated heterocycles. The predicted molar refractivity (Wildman–Crippen MR) is 60.7 cm³/mol. The van der Waals surface area contributed by atoms with Gasteiger partial charge in [-0.05, 0) is 12.8 Å². The number of carbonyl (C=O) groups is 2. The van der Waals surface area contributed by atoms with E-state index in [1.54, 1.807) is 0 Å². The van der Waals surface area contributed by atoms with Crippen molar-refractivity contribution in [2.24, 2.45) is 11.8 Å². The van der Waals surface area contributed by atoms with E-state index < -0.39 is 17.9 Å². The molecule has 0 aliphatic rings. The summed E-state index contributed by atoms with van der Waals surface area (Å²) in [5.74, 6) is -2.11. The third-order valence-electron chi connectivity index (χ3n) is 2.43. The Labute approximate surface area is 96.6 Å². The summed E-state index contributed by atoms with van der Waals surface area (Å²) in [7, 11) is 2.54. The first-order valence-corrected chi connectivity index (χ1v) is 5.44. The van der Waals surface area contributed by atoms with E-state index in [1.165, 1.54) is 14.2 Å². The van der Waals surface area contributed by atoms with Gasteiger partial charge in [0.2, 0.25) is 0 Å². The fourth-order valence-corrected chi connectivity index (χ4v) is 1.49. The van der Waals surface area contributed by atoms with Crippen molar-refractivity contribution in [3.63, 3.8) is 0 Å². The first-order valence-electron chi connectivity index (χ1n) is 5.44. The number of esters is 2. The SMILES string of the molecule is CC/C=C/[C@H](CC)C(C(=O)OC)C(=O)OC. The molecule has 0 saturated carbocycles. The van der Waals surface area contributed by atoms with E-state index >= 15 is 0 Å². The maximum absolute atomic E-state index is 11.5. The van der Waals surface area contributed by atoms with Crippen molar-refractivity contribution in [1.82, 2.24) is 0 Å². The Morgan fingerprint density at radius 1 is 1.12 bits per heavy atom. The van der Waals surface area contributed by atoms with Crippen molar-refractivity contribution in [3.8, 4) is 0 Å². The normalized spacial score (nSPS) is 12.8. The lowest BCUT2D eigenvalue weighted by molar-refractivity contribution is -0.160. The third kappa shape index (κ3) is 4.04. The highest BCUT2D eigenvalue weighted by atomic mass is 16.5. The molecule has 0 aliphatic carbocycles. The molecule has 0 amide bonds. The van der Waals surface area contributed by atoms with Crippen molar-refractivity contribution < 1.29 is 19.1 Å². The van der Waals surface area contributed by atoms with E-state index in [0.717, 1.165) is 6.42 Å². The molecule has 4 heteroatoms. The highest BCUT2D eigenvalue weighted by molar-refractivity contribution is 5.95. The van der Waals surface area contributed by atoms with Gasteiger partial charge >= 0.3 is 11.9 Å². The standard InChI is InChI=1S/C12H20O4/c1-5-7-8-9(6-2)10(11(13)15-3)12(14)16-4/h7-10H,5-6H2,1-4H3/b8-7+/t9-/m0/s1. The number of hydrogen-bond donors (Lipinski definition) is 0. The molecule has 1 atom stereocenters. The minimum Gasteiger partial charge on any atom is -0.468 e. The lowest BCUT2D eigenvalue weighted by atomic mass is 9.89. The van der Waals surface area contributed by atoms with Crippen LogP contribution in [0.25, 0.3) is 0 Å². The summed E-state index contributed by atoms with van der Waals surface area (Å²) in [5, 5.41) is 0. The Kier molecular flexibility index (Phi) is 7.25. The van der Waals surface area contributed by atoms with Crippen LogP contribution in [0.5, 0.6) is 0 Å². The monoisotopic (exact) mass is 228 g/mol. The van der Waals surface area contributed by atoms with Gasteiger partial charge < -0.3 is 9.47 Å².